The summed E-state index contributed by atoms with van der Waals surface area (Å²) in [6, 6.07) is 8.36. The van der Waals surface area contributed by atoms with Crippen LogP contribution in [-0.2, 0) is 0 Å². The molecule has 0 saturated carbocycles. The predicted molar refractivity (Wildman–Crippen MR) is 81.8 cm³/mol. The Bertz CT molecular complexity index is 382. The van der Waals surface area contributed by atoms with Gasteiger partial charge >= 0.3 is 0 Å². The van der Waals surface area contributed by atoms with Gasteiger partial charge in [0.15, 0.2) is 0 Å². The van der Waals surface area contributed by atoms with Crippen LogP contribution in [-0.4, -0.2) is 17.8 Å². The van der Waals surface area contributed by atoms with E-state index in [1.807, 2.05) is 17.8 Å². The first kappa shape index (κ1) is 14.8. The van der Waals surface area contributed by atoms with Gasteiger partial charge in [-0.05, 0) is 39.0 Å². The highest BCUT2D eigenvalue weighted by molar-refractivity contribution is 9.10. The summed E-state index contributed by atoms with van der Waals surface area (Å²) in [5.74, 6) is 0.958. The van der Waals surface area contributed by atoms with Crippen LogP contribution in [0.1, 0.15) is 20.8 Å². The highest BCUT2D eigenvalue weighted by Gasteiger charge is 2.08. The first-order chi connectivity index (χ1) is 7.87. The van der Waals surface area contributed by atoms with Gasteiger partial charge in [-0.1, -0.05) is 34.1 Å². The molecule has 1 aromatic rings. The first-order valence-electron chi connectivity index (χ1n) is 5.67. The Morgan fingerprint density at radius 1 is 1.41 bits per heavy atom. The van der Waals surface area contributed by atoms with E-state index in [0.29, 0.717) is 0 Å². The van der Waals surface area contributed by atoms with E-state index in [0.717, 1.165) is 16.8 Å². The molecule has 94 valence electrons. The third-order valence-electron chi connectivity index (χ3n) is 2.11. The maximum Gasteiger partial charge on any atom is 0.0200 e. The van der Waals surface area contributed by atoms with Gasteiger partial charge in [-0.25, -0.2) is 0 Å². The van der Waals surface area contributed by atoms with E-state index >= 15 is 0 Å². The van der Waals surface area contributed by atoms with Crippen LogP contribution in [0.25, 0.3) is 0 Å². The van der Waals surface area contributed by atoms with Gasteiger partial charge in [0.2, 0.25) is 0 Å². The Morgan fingerprint density at radius 3 is 2.71 bits per heavy atom. The Balaban J connectivity index is 2.33. The first-order valence-corrected chi connectivity index (χ1v) is 7.45. The van der Waals surface area contributed by atoms with Gasteiger partial charge in [-0.3, -0.25) is 0 Å². The van der Waals surface area contributed by atoms with Crippen LogP contribution in [0, 0.1) is 0 Å². The van der Waals surface area contributed by atoms with Gasteiger partial charge in [-0.2, -0.15) is 0 Å². The normalized spacial score (nSPS) is 11.5. The molecule has 1 nitrogen and oxygen atoms in total. The van der Waals surface area contributed by atoms with E-state index in [9.17, 15) is 0 Å². The van der Waals surface area contributed by atoms with Gasteiger partial charge in [-0.15, -0.1) is 11.8 Å². The van der Waals surface area contributed by atoms with Crippen LogP contribution < -0.4 is 5.32 Å². The Hall–Kier alpha value is -0.250. The molecule has 0 aliphatic carbocycles. The number of rotatable bonds is 5. The molecule has 0 saturated heterocycles. The number of hydrogen-bond acceptors (Lipinski definition) is 2. The Labute approximate surface area is 117 Å². The number of hydrogen-bond donors (Lipinski definition) is 1. The summed E-state index contributed by atoms with van der Waals surface area (Å²) in [6.07, 6.45) is 0. The Morgan fingerprint density at radius 2 is 2.12 bits per heavy atom. The summed E-state index contributed by atoms with van der Waals surface area (Å²) in [5, 5.41) is 3.45. The van der Waals surface area contributed by atoms with Crippen LogP contribution in [0.3, 0.4) is 0 Å². The summed E-state index contributed by atoms with van der Waals surface area (Å²) in [7, 11) is 0. The zero-order valence-corrected chi connectivity index (χ0v) is 13.1. The van der Waals surface area contributed by atoms with Gasteiger partial charge in [0, 0.05) is 27.2 Å². The topological polar surface area (TPSA) is 12.0 Å². The average molecular weight is 314 g/mol. The van der Waals surface area contributed by atoms with Gasteiger partial charge in [0.25, 0.3) is 0 Å². The van der Waals surface area contributed by atoms with Crippen LogP contribution in [0.5, 0.6) is 0 Å². The van der Waals surface area contributed by atoms with E-state index in [2.05, 4.69) is 66.8 Å². The van der Waals surface area contributed by atoms with Crippen molar-refractivity contribution in [3.05, 3.63) is 40.9 Å². The molecular weight excluding hydrogens is 294 g/mol. The lowest BCUT2D eigenvalue weighted by Crippen LogP contribution is -2.37. The fraction of sp³-hybridized carbons (Fsp3) is 0.429. The summed E-state index contributed by atoms with van der Waals surface area (Å²) >= 11 is 5.30. The maximum atomic E-state index is 4.10. The molecule has 0 aliphatic rings. The largest absolute Gasteiger partial charge is 0.308 e. The number of nitrogens with one attached hydrogen (secondary N) is 1. The summed E-state index contributed by atoms with van der Waals surface area (Å²) in [6.45, 7) is 11.5. The van der Waals surface area contributed by atoms with E-state index in [1.54, 1.807) is 0 Å². The highest BCUT2D eigenvalue weighted by atomic mass is 79.9. The molecule has 0 atom stereocenters. The second kappa shape index (κ2) is 6.62. The second-order valence-electron chi connectivity index (χ2n) is 5.10. The summed E-state index contributed by atoms with van der Waals surface area (Å²) < 4.78 is 1.13. The van der Waals surface area contributed by atoms with Crippen molar-refractivity contribution in [1.29, 1.82) is 0 Å². The van der Waals surface area contributed by atoms with E-state index in [4.69, 9.17) is 0 Å². The SMILES string of the molecule is C=C(CNC(C)(C)C)CSc1cccc(Br)c1. The van der Waals surface area contributed by atoms with Crippen molar-refractivity contribution < 1.29 is 0 Å². The summed E-state index contributed by atoms with van der Waals surface area (Å²) in [5.41, 5.74) is 1.38. The predicted octanol–water partition coefficient (Wildman–Crippen LogP) is 4.49. The molecule has 0 bridgehead atoms. The zero-order valence-electron chi connectivity index (χ0n) is 10.7. The number of halogens is 1. The Kier molecular flexibility index (Phi) is 5.77. The molecule has 0 unspecified atom stereocenters. The minimum Gasteiger partial charge on any atom is -0.308 e. The van der Waals surface area contributed by atoms with Crippen LogP contribution in [0.15, 0.2) is 45.8 Å². The third-order valence-corrected chi connectivity index (χ3v) is 3.74. The minimum atomic E-state index is 0.156. The van der Waals surface area contributed by atoms with Crippen molar-refractivity contribution >= 4 is 27.7 Å². The van der Waals surface area contributed by atoms with Crippen molar-refractivity contribution in [3.63, 3.8) is 0 Å². The molecule has 0 aliphatic heterocycles. The number of benzene rings is 1. The standard InChI is InChI=1S/C14H20BrNS/c1-11(9-16-14(2,3)4)10-17-13-7-5-6-12(15)8-13/h5-8,16H,1,9-10H2,2-4H3. The third kappa shape index (κ3) is 6.92. The van der Waals surface area contributed by atoms with E-state index in [-0.39, 0.29) is 5.54 Å². The van der Waals surface area contributed by atoms with Crippen LogP contribution in [0.2, 0.25) is 0 Å². The molecule has 1 N–H and O–H groups in total. The van der Waals surface area contributed by atoms with Gasteiger partial charge < -0.3 is 5.32 Å². The van der Waals surface area contributed by atoms with Crippen LogP contribution in [0.4, 0.5) is 0 Å². The van der Waals surface area contributed by atoms with Crippen LogP contribution >= 0.6 is 27.7 Å². The molecule has 0 amide bonds. The molecular formula is C14H20BrNS. The minimum absolute atomic E-state index is 0.156. The van der Waals surface area contributed by atoms with E-state index < -0.39 is 0 Å². The van der Waals surface area contributed by atoms with Crippen molar-refractivity contribution in [2.24, 2.45) is 0 Å². The number of thioether (sulfide) groups is 1. The molecule has 1 aromatic carbocycles. The molecule has 0 aromatic heterocycles. The summed E-state index contributed by atoms with van der Waals surface area (Å²) in [4.78, 5) is 1.27. The maximum absolute atomic E-state index is 4.10. The fourth-order valence-corrected chi connectivity index (χ4v) is 2.59. The lowest BCUT2D eigenvalue weighted by molar-refractivity contribution is 0.445. The highest BCUT2D eigenvalue weighted by Crippen LogP contribution is 2.23. The van der Waals surface area contributed by atoms with Crippen molar-refractivity contribution in [3.8, 4) is 0 Å². The lowest BCUT2D eigenvalue weighted by Gasteiger charge is -2.21. The van der Waals surface area contributed by atoms with Crippen molar-refractivity contribution in [2.75, 3.05) is 12.3 Å². The zero-order chi connectivity index (χ0) is 12.9. The smallest absolute Gasteiger partial charge is 0.0200 e. The van der Waals surface area contributed by atoms with E-state index in [1.165, 1.54) is 10.5 Å². The van der Waals surface area contributed by atoms with Gasteiger partial charge in [0.05, 0.1) is 0 Å². The molecule has 0 radical (unpaired) electrons. The molecule has 17 heavy (non-hydrogen) atoms. The molecule has 3 heteroatoms. The molecule has 0 heterocycles. The molecule has 1 rings (SSSR count). The van der Waals surface area contributed by atoms with Gasteiger partial charge in [0.1, 0.15) is 0 Å². The average Bonchev–Trinajstić information content (AvgIpc) is 2.23. The fourth-order valence-electron chi connectivity index (χ4n) is 1.18. The quantitative estimate of drug-likeness (QED) is 0.635. The molecule has 0 spiro atoms. The monoisotopic (exact) mass is 313 g/mol. The van der Waals surface area contributed by atoms with Crippen molar-refractivity contribution in [1.82, 2.24) is 5.32 Å². The molecule has 0 fully saturated rings. The lowest BCUT2D eigenvalue weighted by atomic mass is 10.1. The second-order valence-corrected chi connectivity index (χ2v) is 7.06. The van der Waals surface area contributed by atoms with Crippen molar-refractivity contribution in [2.45, 2.75) is 31.2 Å².